The van der Waals surface area contributed by atoms with Gasteiger partial charge in [-0.15, -0.1) is 0 Å². The molecule has 5 nitrogen and oxygen atoms in total. The number of anilines is 1. The van der Waals surface area contributed by atoms with Crippen molar-refractivity contribution in [3.63, 3.8) is 0 Å². The largest absolute Gasteiger partial charge is 0.494 e. The number of esters is 1. The Kier molecular flexibility index (Phi) is 7.61. The molecule has 2 aromatic rings. The van der Waals surface area contributed by atoms with Crippen LogP contribution in [0.1, 0.15) is 24.0 Å². The Morgan fingerprint density at radius 2 is 1.89 bits per heavy atom. The van der Waals surface area contributed by atoms with Gasteiger partial charge in [0.25, 0.3) is 5.91 Å². The van der Waals surface area contributed by atoms with Gasteiger partial charge >= 0.3 is 5.97 Å². The highest BCUT2D eigenvalue weighted by atomic mass is 35.5. The number of aryl methyl sites for hydroxylation is 2. The summed E-state index contributed by atoms with van der Waals surface area (Å²) in [5.41, 5.74) is 1.70. The van der Waals surface area contributed by atoms with Crippen molar-refractivity contribution in [2.45, 2.75) is 26.7 Å². The SMILES string of the molecule is Cc1ccc(NC(=O)COC(=O)CCCOc2ccc(Cl)c(C)c2)cc1F. The Balaban J connectivity index is 1.64. The van der Waals surface area contributed by atoms with Gasteiger partial charge in [-0.05, 0) is 61.7 Å². The maximum Gasteiger partial charge on any atom is 0.306 e. The number of benzene rings is 2. The minimum absolute atomic E-state index is 0.124. The maximum absolute atomic E-state index is 13.4. The van der Waals surface area contributed by atoms with Crippen LogP contribution < -0.4 is 10.1 Å². The summed E-state index contributed by atoms with van der Waals surface area (Å²) in [4.78, 5) is 23.4. The van der Waals surface area contributed by atoms with Gasteiger partial charge in [0.15, 0.2) is 6.61 Å². The molecule has 0 aromatic heterocycles. The highest BCUT2D eigenvalue weighted by Gasteiger charge is 2.09. The molecular weight excluding hydrogens is 373 g/mol. The number of nitrogens with one attached hydrogen (secondary N) is 1. The average Bonchev–Trinajstić information content (AvgIpc) is 2.63. The van der Waals surface area contributed by atoms with Crippen molar-refractivity contribution in [1.82, 2.24) is 0 Å². The lowest BCUT2D eigenvalue weighted by molar-refractivity contribution is -0.147. The van der Waals surface area contributed by atoms with Crippen LogP contribution in [0.2, 0.25) is 5.02 Å². The third kappa shape index (κ3) is 6.90. The monoisotopic (exact) mass is 393 g/mol. The van der Waals surface area contributed by atoms with Crippen LogP contribution >= 0.6 is 11.6 Å². The van der Waals surface area contributed by atoms with Crippen molar-refractivity contribution in [2.75, 3.05) is 18.5 Å². The van der Waals surface area contributed by atoms with Gasteiger partial charge in [-0.1, -0.05) is 17.7 Å². The summed E-state index contributed by atoms with van der Waals surface area (Å²) in [6.45, 7) is 3.42. The summed E-state index contributed by atoms with van der Waals surface area (Å²) >= 11 is 5.94. The summed E-state index contributed by atoms with van der Waals surface area (Å²) in [5.74, 6) is -0.772. The molecule has 0 aliphatic rings. The first kappa shape index (κ1) is 20.7. The molecule has 1 amide bonds. The molecule has 144 valence electrons. The van der Waals surface area contributed by atoms with Crippen LogP contribution in [0, 0.1) is 19.7 Å². The molecule has 0 radical (unpaired) electrons. The lowest BCUT2D eigenvalue weighted by atomic mass is 10.2. The summed E-state index contributed by atoms with van der Waals surface area (Å²) in [5, 5.41) is 3.14. The topological polar surface area (TPSA) is 64.6 Å². The van der Waals surface area contributed by atoms with Crippen molar-refractivity contribution in [3.8, 4) is 5.75 Å². The van der Waals surface area contributed by atoms with Crippen molar-refractivity contribution in [1.29, 1.82) is 0 Å². The number of carbonyl (C=O) groups excluding carboxylic acids is 2. The van der Waals surface area contributed by atoms with Crippen molar-refractivity contribution >= 4 is 29.2 Å². The van der Waals surface area contributed by atoms with Gasteiger partial charge < -0.3 is 14.8 Å². The maximum atomic E-state index is 13.4. The summed E-state index contributed by atoms with van der Waals surface area (Å²) in [7, 11) is 0. The summed E-state index contributed by atoms with van der Waals surface area (Å²) in [6.07, 6.45) is 0.574. The van der Waals surface area contributed by atoms with E-state index >= 15 is 0 Å². The van der Waals surface area contributed by atoms with Gasteiger partial charge in [0.05, 0.1) is 6.61 Å². The van der Waals surface area contributed by atoms with E-state index in [2.05, 4.69) is 5.32 Å². The number of hydrogen-bond donors (Lipinski definition) is 1. The summed E-state index contributed by atoms with van der Waals surface area (Å²) < 4.78 is 23.9. The number of ether oxygens (including phenoxy) is 2. The number of amides is 1. The molecule has 0 unspecified atom stereocenters. The number of hydrogen-bond acceptors (Lipinski definition) is 4. The van der Waals surface area contributed by atoms with Crippen LogP contribution in [0.4, 0.5) is 10.1 Å². The molecule has 0 aliphatic heterocycles. The first-order valence-electron chi connectivity index (χ1n) is 8.45. The van der Waals surface area contributed by atoms with Crippen LogP contribution in [0.3, 0.4) is 0 Å². The molecule has 0 heterocycles. The molecule has 0 aliphatic carbocycles. The van der Waals surface area contributed by atoms with E-state index in [4.69, 9.17) is 21.1 Å². The smallest absolute Gasteiger partial charge is 0.306 e. The van der Waals surface area contributed by atoms with Gasteiger partial charge in [0.2, 0.25) is 0 Å². The Hall–Kier alpha value is -2.60. The van der Waals surface area contributed by atoms with E-state index in [1.807, 2.05) is 13.0 Å². The number of carbonyl (C=O) groups is 2. The number of rotatable bonds is 8. The minimum Gasteiger partial charge on any atom is -0.494 e. The Labute approximate surface area is 162 Å². The highest BCUT2D eigenvalue weighted by Crippen LogP contribution is 2.21. The van der Waals surface area contributed by atoms with Crippen LogP contribution in [0.15, 0.2) is 36.4 Å². The molecule has 2 aromatic carbocycles. The lowest BCUT2D eigenvalue weighted by Gasteiger charge is -2.09. The second-order valence-electron chi connectivity index (χ2n) is 6.04. The van der Waals surface area contributed by atoms with E-state index in [0.717, 1.165) is 5.56 Å². The predicted molar refractivity (Wildman–Crippen MR) is 102 cm³/mol. The standard InChI is InChI=1S/C20H21ClFNO4/c1-13-5-6-15(11-18(13)22)23-19(24)12-27-20(25)4-3-9-26-16-7-8-17(21)14(2)10-16/h5-8,10-11H,3-4,9,12H2,1-2H3,(H,23,24). The molecule has 0 fully saturated rings. The molecule has 1 N–H and O–H groups in total. The Morgan fingerprint density at radius 1 is 1.11 bits per heavy atom. The van der Waals surface area contributed by atoms with E-state index in [9.17, 15) is 14.0 Å². The molecule has 0 atom stereocenters. The van der Waals surface area contributed by atoms with Crippen molar-refractivity contribution < 1.29 is 23.5 Å². The first-order chi connectivity index (χ1) is 12.8. The molecule has 27 heavy (non-hydrogen) atoms. The van der Waals surface area contributed by atoms with Crippen LogP contribution in [-0.2, 0) is 14.3 Å². The van der Waals surface area contributed by atoms with Crippen LogP contribution in [0.25, 0.3) is 0 Å². The third-order valence-corrected chi connectivity index (χ3v) is 4.17. The van der Waals surface area contributed by atoms with Gasteiger partial charge in [0, 0.05) is 17.1 Å². The molecule has 0 saturated carbocycles. The van der Waals surface area contributed by atoms with E-state index in [1.54, 1.807) is 31.2 Å². The zero-order valence-electron chi connectivity index (χ0n) is 15.2. The normalized spacial score (nSPS) is 10.4. The van der Waals surface area contributed by atoms with Crippen LogP contribution in [-0.4, -0.2) is 25.1 Å². The molecular formula is C20H21ClFNO4. The fourth-order valence-electron chi connectivity index (χ4n) is 2.20. The number of halogens is 2. The second kappa shape index (κ2) is 9.92. The van der Waals surface area contributed by atoms with Crippen molar-refractivity contribution in [3.05, 3.63) is 58.4 Å². The zero-order valence-corrected chi connectivity index (χ0v) is 15.9. The first-order valence-corrected chi connectivity index (χ1v) is 8.83. The quantitative estimate of drug-likeness (QED) is 0.532. The van der Waals surface area contributed by atoms with Gasteiger partial charge in [-0.2, -0.15) is 0 Å². The summed E-state index contributed by atoms with van der Waals surface area (Å²) in [6, 6.07) is 9.67. The second-order valence-corrected chi connectivity index (χ2v) is 6.44. The van der Waals surface area contributed by atoms with E-state index in [0.29, 0.717) is 35.1 Å². The third-order valence-electron chi connectivity index (χ3n) is 3.74. The zero-order chi connectivity index (χ0) is 19.8. The predicted octanol–water partition coefficient (Wildman–Crippen LogP) is 4.44. The minimum atomic E-state index is -0.528. The Bertz CT molecular complexity index is 826. The fraction of sp³-hybridized carbons (Fsp3) is 0.300. The van der Waals surface area contributed by atoms with Crippen LogP contribution in [0.5, 0.6) is 5.75 Å². The lowest BCUT2D eigenvalue weighted by Crippen LogP contribution is -2.21. The van der Waals surface area contributed by atoms with Gasteiger partial charge in [-0.25, -0.2) is 4.39 Å². The Morgan fingerprint density at radius 3 is 2.59 bits per heavy atom. The average molecular weight is 394 g/mol. The van der Waals surface area contributed by atoms with Gasteiger partial charge in [-0.3, -0.25) is 9.59 Å². The molecule has 7 heteroatoms. The van der Waals surface area contributed by atoms with E-state index < -0.39 is 24.3 Å². The van der Waals surface area contributed by atoms with E-state index in [1.165, 1.54) is 6.07 Å². The highest BCUT2D eigenvalue weighted by molar-refractivity contribution is 6.31. The van der Waals surface area contributed by atoms with E-state index in [-0.39, 0.29) is 6.42 Å². The molecule has 0 spiro atoms. The fourth-order valence-corrected chi connectivity index (χ4v) is 2.32. The molecule has 0 saturated heterocycles. The van der Waals surface area contributed by atoms with Gasteiger partial charge in [0.1, 0.15) is 11.6 Å². The molecule has 2 rings (SSSR count). The van der Waals surface area contributed by atoms with Crippen molar-refractivity contribution in [2.24, 2.45) is 0 Å². The molecule has 0 bridgehead atoms.